The normalized spacial score (nSPS) is 20.6. The summed E-state index contributed by atoms with van der Waals surface area (Å²) < 4.78 is 0. The molecule has 1 aliphatic heterocycles. The SMILES string of the molecule is CCC1=[C]P=C2C=C(CC)C(CC)=C12. The third kappa shape index (κ3) is 1.33. The van der Waals surface area contributed by atoms with Gasteiger partial charge in [0.15, 0.2) is 0 Å². The average molecular weight is 203 g/mol. The van der Waals surface area contributed by atoms with E-state index < -0.39 is 0 Å². The van der Waals surface area contributed by atoms with Crippen molar-refractivity contribution >= 4 is 13.5 Å². The van der Waals surface area contributed by atoms with Crippen molar-refractivity contribution in [3.8, 4) is 0 Å². The summed E-state index contributed by atoms with van der Waals surface area (Å²) in [6, 6.07) is 0. The van der Waals surface area contributed by atoms with Crippen molar-refractivity contribution in [2.75, 3.05) is 0 Å². The van der Waals surface area contributed by atoms with Crippen LogP contribution in [0.4, 0.5) is 0 Å². The lowest BCUT2D eigenvalue weighted by molar-refractivity contribution is 1.02. The molecule has 2 rings (SSSR count). The minimum absolute atomic E-state index is 1.13. The van der Waals surface area contributed by atoms with Crippen LogP contribution in [0.2, 0.25) is 0 Å². The lowest BCUT2D eigenvalue weighted by atomic mass is 9.96. The molecule has 2 aliphatic rings. The molecular weight excluding hydrogens is 187 g/mol. The van der Waals surface area contributed by atoms with Crippen LogP contribution in [-0.2, 0) is 0 Å². The van der Waals surface area contributed by atoms with Gasteiger partial charge < -0.3 is 0 Å². The minimum atomic E-state index is 1.13. The number of hydrogen-bond acceptors (Lipinski definition) is 0. The summed E-state index contributed by atoms with van der Waals surface area (Å²) in [6.07, 6.45) is 5.84. The zero-order chi connectivity index (χ0) is 10.1. The molecule has 0 unspecified atom stereocenters. The van der Waals surface area contributed by atoms with E-state index in [1.807, 2.05) is 0 Å². The van der Waals surface area contributed by atoms with Crippen molar-refractivity contribution in [1.82, 2.24) is 0 Å². The van der Waals surface area contributed by atoms with Gasteiger partial charge in [-0.3, -0.25) is 0 Å². The first-order valence-corrected chi connectivity index (χ1v) is 6.35. The molecule has 0 N–H and O–H groups in total. The van der Waals surface area contributed by atoms with Crippen LogP contribution in [0, 0.1) is 5.82 Å². The molecule has 1 heteroatoms. The molecule has 0 nitrogen and oxygen atoms in total. The highest BCUT2D eigenvalue weighted by atomic mass is 31.1. The maximum Gasteiger partial charge on any atom is 0.0184 e. The Kier molecular flexibility index (Phi) is 2.74. The summed E-state index contributed by atoms with van der Waals surface area (Å²) in [5, 5.41) is 1.50. The summed E-state index contributed by atoms with van der Waals surface area (Å²) in [6.45, 7) is 6.74. The van der Waals surface area contributed by atoms with Crippen LogP contribution in [0.5, 0.6) is 0 Å². The molecule has 0 aromatic rings. The molecule has 0 saturated carbocycles. The van der Waals surface area contributed by atoms with Crippen LogP contribution in [0.15, 0.2) is 28.4 Å². The summed E-state index contributed by atoms with van der Waals surface area (Å²) in [7, 11) is 1.29. The van der Waals surface area contributed by atoms with E-state index in [0.29, 0.717) is 0 Å². The minimum Gasteiger partial charge on any atom is -0.0613 e. The highest BCUT2D eigenvalue weighted by Crippen LogP contribution is 2.40. The van der Waals surface area contributed by atoms with Gasteiger partial charge in [0.25, 0.3) is 0 Å². The quantitative estimate of drug-likeness (QED) is 0.601. The molecule has 73 valence electrons. The number of allylic oxidation sites excluding steroid dienone is 5. The van der Waals surface area contributed by atoms with Gasteiger partial charge >= 0.3 is 0 Å². The fourth-order valence-electron chi connectivity index (χ4n) is 2.22. The van der Waals surface area contributed by atoms with Crippen molar-refractivity contribution in [3.05, 3.63) is 34.2 Å². The fraction of sp³-hybridized carbons (Fsp3) is 0.462. The van der Waals surface area contributed by atoms with Crippen molar-refractivity contribution < 1.29 is 0 Å². The van der Waals surface area contributed by atoms with E-state index in [0.717, 1.165) is 6.42 Å². The Morgan fingerprint density at radius 2 is 1.93 bits per heavy atom. The van der Waals surface area contributed by atoms with Crippen LogP contribution in [0.25, 0.3) is 0 Å². The first kappa shape index (κ1) is 9.93. The van der Waals surface area contributed by atoms with Crippen molar-refractivity contribution in [2.45, 2.75) is 40.0 Å². The number of hydrogen-bond donors (Lipinski definition) is 0. The molecule has 0 fully saturated rings. The molecule has 0 aromatic carbocycles. The van der Waals surface area contributed by atoms with E-state index in [2.05, 4.69) is 32.7 Å². The summed E-state index contributed by atoms with van der Waals surface area (Å²) in [5.74, 6) is 3.47. The second-order valence-corrected chi connectivity index (χ2v) is 4.60. The third-order valence-corrected chi connectivity index (χ3v) is 3.93. The molecule has 0 bridgehead atoms. The van der Waals surface area contributed by atoms with Crippen molar-refractivity contribution in [2.24, 2.45) is 0 Å². The standard InChI is InChI=1S/C13H16P/c1-4-9-7-12-13(11(9)6-3)10(5-2)8-14-12/h7H,4-6H2,1-3H3. The third-order valence-electron chi connectivity index (χ3n) is 2.96. The van der Waals surface area contributed by atoms with Crippen molar-refractivity contribution in [3.63, 3.8) is 0 Å². The Bertz CT molecular complexity index is 378. The van der Waals surface area contributed by atoms with E-state index in [1.54, 1.807) is 11.1 Å². The van der Waals surface area contributed by atoms with E-state index in [1.165, 1.54) is 37.5 Å². The van der Waals surface area contributed by atoms with Gasteiger partial charge in [-0.25, -0.2) is 0 Å². The smallest absolute Gasteiger partial charge is 0.0184 e. The lowest BCUT2D eigenvalue weighted by Gasteiger charge is -2.08. The average Bonchev–Trinajstić information content (AvgIpc) is 2.74. The van der Waals surface area contributed by atoms with E-state index in [4.69, 9.17) is 0 Å². The van der Waals surface area contributed by atoms with Crippen LogP contribution >= 0.6 is 8.20 Å². The molecular formula is C13H16P. The van der Waals surface area contributed by atoms with Crippen LogP contribution < -0.4 is 0 Å². The van der Waals surface area contributed by atoms with Gasteiger partial charge in [0.2, 0.25) is 0 Å². The second kappa shape index (κ2) is 3.87. The van der Waals surface area contributed by atoms with Gasteiger partial charge in [-0.15, -0.1) is 0 Å². The van der Waals surface area contributed by atoms with Gasteiger partial charge in [-0.05, 0) is 47.6 Å². The molecule has 0 spiro atoms. The Hall–Kier alpha value is -0.610. The molecule has 0 aromatic heterocycles. The molecule has 0 saturated heterocycles. The van der Waals surface area contributed by atoms with E-state index in [-0.39, 0.29) is 0 Å². The largest absolute Gasteiger partial charge is 0.0613 e. The Labute approximate surface area is 88.2 Å². The van der Waals surface area contributed by atoms with Gasteiger partial charge in [-0.2, -0.15) is 0 Å². The zero-order valence-electron chi connectivity index (χ0n) is 9.15. The number of fused-ring (bicyclic) bond motifs is 1. The monoisotopic (exact) mass is 203 g/mol. The Morgan fingerprint density at radius 3 is 2.50 bits per heavy atom. The van der Waals surface area contributed by atoms with E-state index >= 15 is 0 Å². The predicted octanol–water partition coefficient (Wildman–Crippen LogP) is 4.27. The first-order valence-electron chi connectivity index (χ1n) is 5.46. The Balaban J connectivity index is 2.45. The van der Waals surface area contributed by atoms with Gasteiger partial charge in [0.05, 0.1) is 0 Å². The molecule has 0 atom stereocenters. The molecule has 14 heavy (non-hydrogen) atoms. The topological polar surface area (TPSA) is 0 Å². The van der Waals surface area contributed by atoms with E-state index in [9.17, 15) is 0 Å². The van der Waals surface area contributed by atoms with Crippen molar-refractivity contribution in [1.29, 1.82) is 0 Å². The summed E-state index contributed by atoms with van der Waals surface area (Å²) >= 11 is 0. The van der Waals surface area contributed by atoms with Gasteiger partial charge in [-0.1, -0.05) is 29.0 Å². The van der Waals surface area contributed by atoms with Gasteiger partial charge in [0, 0.05) is 11.1 Å². The molecule has 1 aliphatic carbocycles. The Morgan fingerprint density at radius 1 is 1.14 bits per heavy atom. The maximum atomic E-state index is 3.47. The first-order chi connectivity index (χ1) is 6.81. The molecule has 1 radical (unpaired) electrons. The molecule has 1 heterocycles. The fourth-order valence-corrected chi connectivity index (χ4v) is 3.35. The highest BCUT2D eigenvalue weighted by Gasteiger charge is 2.24. The van der Waals surface area contributed by atoms with Crippen LogP contribution in [0.1, 0.15) is 40.0 Å². The van der Waals surface area contributed by atoms with Crippen LogP contribution in [-0.4, -0.2) is 5.29 Å². The maximum absolute atomic E-state index is 3.47. The summed E-state index contributed by atoms with van der Waals surface area (Å²) in [5.41, 5.74) is 6.11. The van der Waals surface area contributed by atoms with Gasteiger partial charge in [0.1, 0.15) is 0 Å². The molecule has 0 amide bonds. The van der Waals surface area contributed by atoms with Crippen LogP contribution in [0.3, 0.4) is 0 Å². The number of rotatable bonds is 3. The second-order valence-electron chi connectivity index (χ2n) is 3.67. The lowest BCUT2D eigenvalue weighted by Crippen LogP contribution is -1.94. The highest BCUT2D eigenvalue weighted by molar-refractivity contribution is 7.44. The summed E-state index contributed by atoms with van der Waals surface area (Å²) in [4.78, 5) is 0. The predicted molar refractivity (Wildman–Crippen MR) is 64.7 cm³/mol. The zero-order valence-corrected chi connectivity index (χ0v) is 10.0.